The Hall–Kier alpha value is -1.14. The first-order valence-corrected chi connectivity index (χ1v) is 6.34. The minimum Gasteiger partial charge on any atom is -0.339 e. The van der Waals surface area contributed by atoms with Crippen LogP contribution in [0.25, 0.3) is 0 Å². The Morgan fingerprint density at radius 3 is 2.00 bits per heavy atom. The van der Waals surface area contributed by atoms with Crippen LogP contribution < -0.4 is 0 Å². The molecule has 112 valence electrons. The highest BCUT2D eigenvalue weighted by Crippen LogP contribution is 2.45. The van der Waals surface area contributed by atoms with Crippen LogP contribution in [0.5, 0.6) is 0 Å². The van der Waals surface area contributed by atoms with Crippen LogP contribution in [-0.4, -0.2) is 16.2 Å². The molecule has 1 aromatic rings. The second-order valence-electron chi connectivity index (χ2n) is 6.01. The quantitative estimate of drug-likeness (QED) is 0.782. The maximum absolute atomic E-state index is 12.8. The van der Waals surface area contributed by atoms with Crippen molar-refractivity contribution in [3.8, 4) is 0 Å². The summed E-state index contributed by atoms with van der Waals surface area (Å²) in [7, 11) is 0. The van der Waals surface area contributed by atoms with Gasteiger partial charge in [-0.25, -0.2) is 4.98 Å². The van der Waals surface area contributed by atoms with Gasteiger partial charge < -0.3 is 9.47 Å². The van der Waals surface area contributed by atoms with Gasteiger partial charge >= 0.3 is 6.18 Å². The second-order valence-corrected chi connectivity index (χ2v) is 6.01. The molecule has 2 heterocycles. The number of hydrogen-bond acceptors (Lipinski definition) is 3. The van der Waals surface area contributed by atoms with Crippen LogP contribution in [-0.2, 0) is 15.7 Å². The third kappa shape index (κ3) is 2.67. The van der Waals surface area contributed by atoms with E-state index in [4.69, 9.17) is 9.47 Å². The lowest BCUT2D eigenvalue weighted by molar-refractivity contribution is -0.141. The topological polar surface area (TPSA) is 31.4 Å². The van der Waals surface area contributed by atoms with E-state index in [2.05, 4.69) is 4.98 Å². The highest BCUT2D eigenvalue weighted by atomic mass is 19.4. The van der Waals surface area contributed by atoms with Gasteiger partial charge in [-0.1, -0.05) is 0 Å². The molecule has 3 nitrogen and oxygen atoms in total. The Bertz CT molecular complexity index is 508. The normalized spacial score (nSPS) is 22.2. The molecule has 1 aromatic heterocycles. The number of hydrogen-bond donors (Lipinski definition) is 0. The molecular weight excluding hydrogens is 271 g/mol. The summed E-state index contributed by atoms with van der Waals surface area (Å²) in [5.74, 6) is 0. The van der Waals surface area contributed by atoms with Gasteiger partial charge in [-0.3, -0.25) is 0 Å². The zero-order valence-corrected chi connectivity index (χ0v) is 12.1. The number of aryl methyl sites for hydroxylation is 1. The maximum Gasteiger partial charge on any atom is 0.433 e. The summed E-state index contributed by atoms with van der Waals surface area (Å²) in [6.45, 7) is 8.93. The Morgan fingerprint density at radius 1 is 1.05 bits per heavy atom. The van der Waals surface area contributed by atoms with Gasteiger partial charge in [0.15, 0.2) is 6.29 Å². The fraction of sp³-hybridized carbons (Fsp3) is 0.643. The summed E-state index contributed by atoms with van der Waals surface area (Å²) in [6, 6.07) is 2.53. The fourth-order valence-corrected chi connectivity index (χ4v) is 1.96. The first kappa shape index (κ1) is 15.3. The highest BCUT2D eigenvalue weighted by molar-refractivity contribution is 5.25. The van der Waals surface area contributed by atoms with E-state index in [1.807, 2.05) is 27.7 Å². The van der Waals surface area contributed by atoms with Gasteiger partial charge in [0.1, 0.15) is 5.69 Å². The van der Waals surface area contributed by atoms with Gasteiger partial charge in [-0.15, -0.1) is 0 Å². The van der Waals surface area contributed by atoms with Crippen molar-refractivity contribution >= 4 is 0 Å². The summed E-state index contributed by atoms with van der Waals surface area (Å²) < 4.78 is 49.9. The van der Waals surface area contributed by atoms with E-state index in [0.717, 1.165) is 6.07 Å². The lowest BCUT2D eigenvalue weighted by Crippen LogP contribution is -2.41. The molecule has 1 aliphatic rings. The van der Waals surface area contributed by atoms with E-state index < -0.39 is 29.4 Å². The van der Waals surface area contributed by atoms with Crippen LogP contribution in [0, 0.1) is 6.92 Å². The molecule has 0 unspecified atom stereocenters. The summed E-state index contributed by atoms with van der Waals surface area (Å²) in [5, 5.41) is 0. The largest absolute Gasteiger partial charge is 0.433 e. The molecule has 1 fully saturated rings. The molecular formula is C14H18F3NO2. The van der Waals surface area contributed by atoms with Crippen molar-refractivity contribution in [2.24, 2.45) is 0 Å². The molecule has 0 radical (unpaired) electrons. The molecule has 0 aliphatic carbocycles. The monoisotopic (exact) mass is 289 g/mol. The predicted octanol–water partition coefficient (Wildman–Crippen LogP) is 4.01. The van der Waals surface area contributed by atoms with Gasteiger partial charge in [0.05, 0.1) is 11.2 Å². The zero-order valence-electron chi connectivity index (χ0n) is 12.1. The summed E-state index contributed by atoms with van der Waals surface area (Å²) in [5.41, 5.74) is -1.49. The van der Waals surface area contributed by atoms with Crippen LogP contribution >= 0.6 is 0 Å². The number of aromatic nitrogens is 1. The maximum atomic E-state index is 12.8. The molecule has 0 bridgehead atoms. The van der Waals surface area contributed by atoms with E-state index in [1.54, 1.807) is 6.07 Å². The van der Waals surface area contributed by atoms with Crippen molar-refractivity contribution in [3.05, 3.63) is 29.1 Å². The Kier molecular flexibility index (Phi) is 3.38. The molecule has 0 spiro atoms. The predicted molar refractivity (Wildman–Crippen MR) is 67.0 cm³/mol. The Balaban J connectivity index is 2.38. The van der Waals surface area contributed by atoms with E-state index in [-0.39, 0.29) is 5.69 Å². The molecule has 1 saturated heterocycles. The molecule has 2 rings (SSSR count). The zero-order chi connectivity index (χ0) is 15.3. The molecule has 6 heteroatoms. The van der Waals surface area contributed by atoms with Gasteiger partial charge in [0.25, 0.3) is 0 Å². The lowest BCUT2D eigenvalue weighted by Gasteiger charge is -2.30. The third-order valence-corrected chi connectivity index (χ3v) is 3.79. The molecule has 0 saturated carbocycles. The van der Waals surface area contributed by atoms with Crippen LogP contribution in [0.1, 0.15) is 50.9 Å². The van der Waals surface area contributed by atoms with Crippen LogP contribution in [0.15, 0.2) is 12.1 Å². The molecule has 1 aliphatic heterocycles. The molecule has 0 amide bonds. The van der Waals surface area contributed by atoms with Crippen molar-refractivity contribution < 1.29 is 22.6 Å². The fourth-order valence-electron chi connectivity index (χ4n) is 1.96. The molecule has 20 heavy (non-hydrogen) atoms. The van der Waals surface area contributed by atoms with Crippen molar-refractivity contribution in [1.82, 2.24) is 4.98 Å². The highest BCUT2D eigenvalue weighted by Gasteiger charge is 2.49. The van der Waals surface area contributed by atoms with E-state index in [9.17, 15) is 13.2 Å². The van der Waals surface area contributed by atoms with Crippen LogP contribution in [0.4, 0.5) is 13.2 Å². The Morgan fingerprint density at radius 2 is 1.55 bits per heavy atom. The van der Waals surface area contributed by atoms with Crippen molar-refractivity contribution in [3.63, 3.8) is 0 Å². The molecule has 0 aromatic carbocycles. The first-order chi connectivity index (χ1) is 8.92. The molecule has 0 atom stereocenters. The third-order valence-electron chi connectivity index (χ3n) is 3.79. The first-order valence-electron chi connectivity index (χ1n) is 6.34. The average Bonchev–Trinajstić information content (AvgIpc) is 2.46. The van der Waals surface area contributed by atoms with E-state index in [0.29, 0.717) is 5.56 Å². The Labute approximate surface area is 116 Å². The number of ether oxygens (including phenoxy) is 2. The van der Waals surface area contributed by atoms with Gasteiger partial charge in [0, 0.05) is 11.3 Å². The average molecular weight is 289 g/mol. The summed E-state index contributed by atoms with van der Waals surface area (Å²) in [6.07, 6.45) is -5.30. The number of halogens is 3. The van der Waals surface area contributed by atoms with E-state index in [1.165, 1.54) is 6.92 Å². The van der Waals surface area contributed by atoms with Gasteiger partial charge in [-0.2, -0.15) is 13.2 Å². The standard InChI is InChI=1S/C14H18F3NO2/c1-8-6-9(7-10(18-8)14(15,16)17)11-19-12(2,3)13(4,5)20-11/h6-7,11H,1-5H3. The van der Waals surface area contributed by atoms with Gasteiger partial charge in [-0.05, 0) is 46.8 Å². The second kappa shape index (κ2) is 4.43. The number of alkyl halides is 3. The smallest absolute Gasteiger partial charge is 0.339 e. The minimum atomic E-state index is -4.48. The van der Waals surface area contributed by atoms with Gasteiger partial charge in [0.2, 0.25) is 0 Å². The van der Waals surface area contributed by atoms with Crippen molar-refractivity contribution in [1.29, 1.82) is 0 Å². The molecule has 0 N–H and O–H groups in total. The number of pyridine rings is 1. The van der Waals surface area contributed by atoms with Crippen LogP contribution in [0.3, 0.4) is 0 Å². The number of nitrogens with zero attached hydrogens (tertiary/aromatic N) is 1. The van der Waals surface area contributed by atoms with Crippen molar-refractivity contribution in [2.45, 2.75) is 58.3 Å². The van der Waals surface area contributed by atoms with E-state index >= 15 is 0 Å². The summed E-state index contributed by atoms with van der Waals surface area (Å²) in [4.78, 5) is 3.51. The number of rotatable bonds is 1. The lowest BCUT2D eigenvalue weighted by atomic mass is 9.90. The SMILES string of the molecule is Cc1cc(C2OC(C)(C)C(C)(C)O2)cc(C(F)(F)F)n1. The van der Waals surface area contributed by atoms with Crippen LogP contribution in [0.2, 0.25) is 0 Å². The van der Waals surface area contributed by atoms with Crippen molar-refractivity contribution in [2.75, 3.05) is 0 Å². The minimum absolute atomic E-state index is 0.282. The summed E-state index contributed by atoms with van der Waals surface area (Å²) >= 11 is 0.